The molecule has 0 unspecified atom stereocenters. The van der Waals surface area contributed by atoms with Crippen molar-refractivity contribution in [1.29, 1.82) is 0 Å². The Bertz CT molecular complexity index is 476. The molecule has 2 amide bonds. The van der Waals surface area contributed by atoms with Crippen LogP contribution in [0.15, 0.2) is 18.2 Å². The number of rotatable bonds is 2. The minimum Gasteiger partial charge on any atom is -0.495 e. The van der Waals surface area contributed by atoms with Crippen LogP contribution in [0, 0.1) is 0 Å². The van der Waals surface area contributed by atoms with E-state index in [1.807, 2.05) is 0 Å². The molecule has 0 aliphatic carbocycles. The first-order valence-corrected chi connectivity index (χ1v) is 5.40. The Morgan fingerprint density at radius 3 is 2.88 bits per heavy atom. The van der Waals surface area contributed by atoms with Gasteiger partial charge >= 0.3 is 0 Å². The predicted octanol–water partition coefficient (Wildman–Crippen LogP) is 0.811. The summed E-state index contributed by atoms with van der Waals surface area (Å²) in [4.78, 5) is 24.3. The number of carbonyl (C=O) groups is 2. The third-order valence-electron chi connectivity index (χ3n) is 2.49. The van der Waals surface area contributed by atoms with Crippen LogP contribution in [0.3, 0.4) is 0 Å². The fraction of sp³-hybridized carbons (Fsp3) is 0.273. The molecule has 6 heteroatoms. The molecule has 0 bridgehead atoms. The normalized spacial score (nSPS) is 15.8. The topological polar surface area (TPSA) is 58.6 Å². The molecule has 0 radical (unpaired) electrons. The summed E-state index contributed by atoms with van der Waals surface area (Å²) in [5.41, 5.74) is 0.603. The van der Waals surface area contributed by atoms with E-state index in [0.717, 1.165) is 0 Å². The molecule has 2 rings (SSSR count). The average molecular weight is 255 g/mol. The molecule has 1 aromatic rings. The Hall–Kier alpha value is -1.75. The highest BCUT2D eigenvalue weighted by Gasteiger charge is 2.24. The molecule has 1 aliphatic rings. The number of hydrogen-bond acceptors (Lipinski definition) is 3. The van der Waals surface area contributed by atoms with Crippen molar-refractivity contribution in [2.75, 3.05) is 25.1 Å². The minimum absolute atomic E-state index is 0.0175. The van der Waals surface area contributed by atoms with Crippen LogP contribution in [0.2, 0.25) is 5.02 Å². The maximum Gasteiger partial charge on any atom is 0.246 e. The lowest BCUT2D eigenvalue weighted by atomic mass is 10.2. The van der Waals surface area contributed by atoms with Crippen LogP contribution in [0.5, 0.6) is 5.75 Å². The minimum atomic E-state index is -0.182. The quantitative estimate of drug-likeness (QED) is 0.850. The monoisotopic (exact) mass is 254 g/mol. The van der Waals surface area contributed by atoms with Gasteiger partial charge in [-0.25, -0.2) is 0 Å². The van der Waals surface area contributed by atoms with Crippen molar-refractivity contribution in [3.05, 3.63) is 23.2 Å². The molecule has 0 atom stereocenters. The maximum absolute atomic E-state index is 11.7. The lowest BCUT2D eigenvalue weighted by Gasteiger charge is -2.27. The Kier molecular flexibility index (Phi) is 3.19. The van der Waals surface area contributed by atoms with Gasteiger partial charge in [0.25, 0.3) is 0 Å². The molecule has 5 nitrogen and oxygen atoms in total. The van der Waals surface area contributed by atoms with Crippen LogP contribution in [-0.2, 0) is 9.59 Å². The van der Waals surface area contributed by atoms with Crippen molar-refractivity contribution >= 4 is 29.1 Å². The van der Waals surface area contributed by atoms with E-state index in [9.17, 15) is 9.59 Å². The first kappa shape index (κ1) is 11.7. The van der Waals surface area contributed by atoms with E-state index in [1.54, 1.807) is 18.2 Å². The molecule has 1 saturated heterocycles. The first-order valence-electron chi connectivity index (χ1n) is 5.02. The first-order chi connectivity index (χ1) is 8.11. The summed E-state index contributed by atoms with van der Waals surface area (Å²) in [6.45, 7) is 0.0351. The highest BCUT2D eigenvalue weighted by Crippen LogP contribution is 2.29. The number of carbonyl (C=O) groups excluding carboxylic acids is 2. The van der Waals surface area contributed by atoms with Crippen LogP contribution in [-0.4, -0.2) is 32.0 Å². The second-order valence-corrected chi connectivity index (χ2v) is 3.98. The van der Waals surface area contributed by atoms with Gasteiger partial charge in [-0.3, -0.25) is 9.59 Å². The molecule has 17 heavy (non-hydrogen) atoms. The lowest BCUT2D eigenvalue weighted by molar-refractivity contribution is -0.128. The Balaban J connectivity index is 2.32. The molecule has 0 aromatic heterocycles. The van der Waals surface area contributed by atoms with E-state index in [4.69, 9.17) is 16.3 Å². The van der Waals surface area contributed by atoms with Gasteiger partial charge in [0.1, 0.15) is 12.3 Å². The Morgan fingerprint density at radius 2 is 2.18 bits per heavy atom. The molecule has 1 fully saturated rings. The Morgan fingerprint density at radius 1 is 1.41 bits per heavy atom. The van der Waals surface area contributed by atoms with E-state index in [2.05, 4.69) is 5.32 Å². The van der Waals surface area contributed by atoms with Crippen molar-refractivity contribution in [3.8, 4) is 5.75 Å². The van der Waals surface area contributed by atoms with Crippen molar-refractivity contribution in [2.45, 2.75) is 0 Å². The van der Waals surface area contributed by atoms with Crippen LogP contribution >= 0.6 is 11.6 Å². The summed E-state index contributed by atoms with van der Waals surface area (Å²) in [5, 5.41) is 2.95. The molecule has 90 valence electrons. The fourth-order valence-electron chi connectivity index (χ4n) is 1.61. The van der Waals surface area contributed by atoms with Gasteiger partial charge in [-0.15, -0.1) is 0 Å². The number of anilines is 1. The van der Waals surface area contributed by atoms with Gasteiger partial charge in [0, 0.05) is 11.8 Å². The second-order valence-electron chi connectivity index (χ2n) is 3.58. The third-order valence-corrected chi connectivity index (χ3v) is 2.80. The molecular formula is C11H11ClN2O3. The van der Waals surface area contributed by atoms with Crippen molar-refractivity contribution in [1.82, 2.24) is 5.32 Å². The summed E-state index contributed by atoms with van der Waals surface area (Å²) < 4.78 is 5.07. The fourth-order valence-corrected chi connectivity index (χ4v) is 1.80. The van der Waals surface area contributed by atoms with Crippen molar-refractivity contribution in [2.24, 2.45) is 0 Å². The summed E-state index contributed by atoms with van der Waals surface area (Å²) in [6, 6.07) is 4.95. The van der Waals surface area contributed by atoms with Gasteiger partial charge in [-0.05, 0) is 12.1 Å². The van der Waals surface area contributed by atoms with Crippen LogP contribution in [0.25, 0.3) is 0 Å². The average Bonchev–Trinajstić information content (AvgIpc) is 2.33. The van der Waals surface area contributed by atoms with E-state index in [0.29, 0.717) is 16.5 Å². The van der Waals surface area contributed by atoms with Crippen molar-refractivity contribution < 1.29 is 14.3 Å². The van der Waals surface area contributed by atoms with Crippen molar-refractivity contribution in [3.63, 3.8) is 0 Å². The highest BCUT2D eigenvalue weighted by molar-refractivity contribution is 6.32. The number of hydrogen-bond donors (Lipinski definition) is 1. The summed E-state index contributed by atoms with van der Waals surface area (Å²) >= 11 is 5.89. The van der Waals surface area contributed by atoms with Crippen LogP contribution < -0.4 is 15.0 Å². The third kappa shape index (κ3) is 2.34. The number of halogens is 1. The molecule has 1 aromatic carbocycles. The summed E-state index contributed by atoms with van der Waals surface area (Å²) in [7, 11) is 1.50. The van der Waals surface area contributed by atoms with Crippen LogP contribution in [0.4, 0.5) is 5.69 Å². The van der Waals surface area contributed by atoms with E-state index in [-0.39, 0.29) is 24.9 Å². The van der Waals surface area contributed by atoms with Gasteiger partial charge < -0.3 is 15.0 Å². The Labute approximate surface area is 103 Å². The number of amides is 2. The van der Waals surface area contributed by atoms with Gasteiger partial charge in [0.2, 0.25) is 11.8 Å². The zero-order valence-corrected chi connectivity index (χ0v) is 9.95. The SMILES string of the molecule is COc1cc(N2CC(=O)NCC2=O)ccc1Cl. The molecule has 1 N–H and O–H groups in total. The van der Waals surface area contributed by atoms with E-state index in [1.165, 1.54) is 12.0 Å². The molecule has 0 spiro atoms. The van der Waals surface area contributed by atoms with Gasteiger partial charge in [0.05, 0.1) is 18.7 Å². The zero-order chi connectivity index (χ0) is 12.4. The number of nitrogens with zero attached hydrogens (tertiary/aromatic N) is 1. The largest absolute Gasteiger partial charge is 0.495 e. The number of ether oxygens (including phenoxy) is 1. The molecule has 0 saturated carbocycles. The number of methoxy groups -OCH3 is 1. The second kappa shape index (κ2) is 4.63. The summed E-state index contributed by atoms with van der Waals surface area (Å²) in [6.07, 6.45) is 0. The van der Waals surface area contributed by atoms with E-state index < -0.39 is 0 Å². The number of piperazine rings is 1. The van der Waals surface area contributed by atoms with Gasteiger partial charge in [0.15, 0.2) is 0 Å². The molecule has 1 aliphatic heterocycles. The highest BCUT2D eigenvalue weighted by atomic mass is 35.5. The zero-order valence-electron chi connectivity index (χ0n) is 9.20. The smallest absolute Gasteiger partial charge is 0.246 e. The van der Waals surface area contributed by atoms with Gasteiger partial charge in [-0.2, -0.15) is 0 Å². The van der Waals surface area contributed by atoms with E-state index >= 15 is 0 Å². The summed E-state index contributed by atoms with van der Waals surface area (Å²) in [5.74, 6) is 0.135. The maximum atomic E-state index is 11.7. The lowest BCUT2D eigenvalue weighted by Crippen LogP contribution is -2.51. The number of nitrogens with one attached hydrogen (secondary N) is 1. The molecular weight excluding hydrogens is 244 g/mol. The predicted molar refractivity (Wildman–Crippen MR) is 63.4 cm³/mol. The van der Waals surface area contributed by atoms with Gasteiger partial charge in [-0.1, -0.05) is 11.6 Å². The number of benzene rings is 1. The standard InChI is InChI=1S/C11H11ClN2O3/c1-17-9-4-7(2-3-8(9)12)14-6-10(15)13-5-11(14)16/h2-4H,5-6H2,1H3,(H,13,15). The molecule has 1 heterocycles. The van der Waals surface area contributed by atoms with Crippen LogP contribution in [0.1, 0.15) is 0 Å².